The molecule has 1 heterocycles. The second-order valence-electron chi connectivity index (χ2n) is 7.61. The van der Waals surface area contributed by atoms with Gasteiger partial charge in [-0.15, -0.1) is 0 Å². The Hall–Kier alpha value is -3.52. The number of thioether (sulfide) groups is 1. The van der Waals surface area contributed by atoms with Crippen LogP contribution < -0.4 is 5.56 Å². The van der Waals surface area contributed by atoms with E-state index in [1.807, 2.05) is 31.2 Å². The van der Waals surface area contributed by atoms with Crippen LogP contribution in [0, 0.1) is 18.6 Å². The Bertz CT molecular complexity index is 1400. The first-order chi connectivity index (χ1) is 15.8. The summed E-state index contributed by atoms with van der Waals surface area (Å²) < 4.78 is 29.2. The minimum atomic E-state index is -0.890. The van der Waals surface area contributed by atoms with E-state index < -0.39 is 17.2 Å². The molecule has 8 heteroatoms. The Morgan fingerprint density at radius 1 is 1.06 bits per heavy atom. The molecule has 0 N–H and O–H groups in total. The van der Waals surface area contributed by atoms with E-state index in [2.05, 4.69) is 4.98 Å². The summed E-state index contributed by atoms with van der Waals surface area (Å²) in [6.45, 7) is 2.42. The van der Waals surface area contributed by atoms with Crippen LogP contribution in [0.5, 0.6) is 0 Å². The highest BCUT2D eigenvalue weighted by atomic mass is 32.2. The molecule has 1 aromatic heterocycles. The SMILES string of the molecule is Cc1ccccc1CN(C)C(=O)CSc1nc2ccccc2c(=O)n1-c1ccc(F)cc1F. The lowest BCUT2D eigenvalue weighted by Gasteiger charge is -2.19. The van der Waals surface area contributed by atoms with E-state index in [4.69, 9.17) is 0 Å². The number of fused-ring (bicyclic) bond motifs is 1. The number of carbonyl (C=O) groups excluding carboxylic acids is 1. The van der Waals surface area contributed by atoms with Crippen molar-refractivity contribution in [1.29, 1.82) is 0 Å². The van der Waals surface area contributed by atoms with Gasteiger partial charge < -0.3 is 4.90 Å². The molecule has 0 aliphatic heterocycles. The smallest absolute Gasteiger partial charge is 0.266 e. The van der Waals surface area contributed by atoms with Crippen molar-refractivity contribution in [3.8, 4) is 5.69 Å². The summed E-state index contributed by atoms with van der Waals surface area (Å²) in [5.74, 6) is -1.81. The largest absolute Gasteiger partial charge is 0.341 e. The van der Waals surface area contributed by atoms with Gasteiger partial charge in [-0.05, 0) is 42.3 Å². The van der Waals surface area contributed by atoms with Crippen LogP contribution in [-0.2, 0) is 11.3 Å². The summed E-state index contributed by atoms with van der Waals surface area (Å²) >= 11 is 1.04. The lowest BCUT2D eigenvalue weighted by molar-refractivity contribution is -0.127. The molecule has 5 nitrogen and oxygen atoms in total. The van der Waals surface area contributed by atoms with Crippen molar-refractivity contribution in [3.63, 3.8) is 0 Å². The molecular formula is C25H21F2N3O2S. The highest BCUT2D eigenvalue weighted by Crippen LogP contribution is 2.24. The number of amides is 1. The first kappa shape index (κ1) is 22.7. The fourth-order valence-electron chi connectivity index (χ4n) is 3.45. The Balaban J connectivity index is 1.66. The second-order valence-corrected chi connectivity index (χ2v) is 8.56. The van der Waals surface area contributed by atoms with Gasteiger partial charge >= 0.3 is 0 Å². The monoisotopic (exact) mass is 465 g/mol. The van der Waals surface area contributed by atoms with Crippen molar-refractivity contribution >= 4 is 28.6 Å². The Labute approximate surface area is 193 Å². The van der Waals surface area contributed by atoms with Gasteiger partial charge in [-0.2, -0.15) is 0 Å². The molecule has 0 radical (unpaired) electrons. The Morgan fingerprint density at radius 3 is 2.55 bits per heavy atom. The zero-order valence-electron chi connectivity index (χ0n) is 18.1. The zero-order valence-corrected chi connectivity index (χ0v) is 18.9. The van der Waals surface area contributed by atoms with E-state index in [1.54, 1.807) is 36.2 Å². The lowest BCUT2D eigenvalue weighted by atomic mass is 10.1. The first-order valence-corrected chi connectivity index (χ1v) is 11.2. The van der Waals surface area contributed by atoms with E-state index in [0.29, 0.717) is 23.5 Å². The number of benzene rings is 3. The van der Waals surface area contributed by atoms with Crippen LogP contribution in [0.2, 0.25) is 0 Å². The number of hydrogen-bond donors (Lipinski definition) is 0. The van der Waals surface area contributed by atoms with E-state index in [-0.39, 0.29) is 22.5 Å². The molecule has 3 aromatic carbocycles. The van der Waals surface area contributed by atoms with Crippen molar-refractivity contribution in [2.75, 3.05) is 12.8 Å². The number of carbonyl (C=O) groups is 1. The van der Waals surface area contributed by atoms with Gasteiger partial charge in [-0.25, -0.2) is 13.8 Å². The van der Waals surface area contributed by atoms with Crippen LogP contribution in [0.1, 0.15) is 11.1 Å². The molecule has 0 aliphatic carbocycles. The van der Waals surface area contributed by atoms with Crippen LogP contribution in [0.15, 0.2) is 76.7 Å². The molecule has 0 spiro atoms. The standard InChI is InChI=1S/C25H21F2N3O2S/c1-16-7-3-4-8-17(16)14-29(2)23(31)15-33-25-28-21-10-6-5-9-19(21)24(32)30(25)22-12-11-18(26)13-20(22)27/h3-13H,14-15H2,1-2H3. The van der Waals surface area contributed by atoms with Gasteiger partial charge in [0, 0.05) is 19.7 Å². The second kappa shape index (κ2) is 9.54. The molecule has 0 saturated heterocycles. The quantitative estimate of drug-likeness (QED) is 0.305. The predicted molar refractivity (Wildman–Crippen MR) is 126 cm³/mol. The molecule has 4 rings (SSSR count). The van der Waals surface area contributed by atoms with E-state index >= 15 is 0 Å². The maximum atomic E-state index is 14.6. The maximum Gasteiger partial charge on any atom is 0.266 e. The third kappa shape index (κ3) is 4.80. The fraction of sp³-hybridized carbons (Fsp3) is 0.160. The topological polar surface area (TPSA) is 55.2 Å². The van der Waals surface area contributed by atoms with Crippen molar-refractivity contribution in [1.82, 2.24) is 14.5 Å². The predicted octanol–water partition coefficient (Wildman–Crippen LogP) is 4.72. The highest BCUT2D eigenvalue weighted by molar-refractivity contribution is 7.99. The summed E-state index contributed by atoms with van der Waals surface area (Å²) in [4.78, 5) is 32.1. The fourth-order valence-corrected chi connectivity index (χ4v) is 4.40. The van der Waals surface area contributed by atoms with Crippen LogP contribution in [0.3, 0.4) is 0 Å². The van der Waals surface area contributed by atoms with E-state index in [0.717, 1.165) is 33.5 Å². The number of nitrogens with zero attached hydrogens (tertiary/aromatic N) is 3. The Kier molecular flexibility index (Phi) is 6.55. The van der Waals surface area contributed by atoms with Gasteiger partial charge in [0.25, 0.3) is 5.56 Å². The molecular weight excluding hydrogens is 444 g/mol. The summed E-state index contributed by atoms with van der Waals surface area (Å²) in [6, 6.07) is 17.5. The molecule has 0 bridgehead atoms. The van der Waals surface area contributed by atoms with Crippen LogP contribution in [-0.4, -0.2) is 33.2 Å². The summed E-state index contributed by atoms with van der Waals surface area (Å²) in [6.07, 6.45) is 0. The van der Waals surface area contributed by atoms with Crippen LogP contribution in [0.4, 0.5) is 8.78 Å². The molecule has 0 saturated carbocycles. The molecule has 33 heavy (non-hydrogen) atoms. The molecule has 1 amide bonds. The number of aromatic nitrogens is 2. The number of para-hydroxylation sites is 1. The number of rotatable bonds is 6. The van der Waals surface area contributed by atoms with Crippen molar-refractivity contribution < 1.29 is 13.6 Å². The van der Waals surface area contributed by atoms with E-state index in [9.17, 15) is 18.4 Å². The van der Waals surface area contributed by atoms with Gasteiger partial charge in [0.15, 0.2) is 5.16 Å². The summed E-state index contributed by atoms with van der Waals surface area (Å²) in [5, 5.41) is 0.454. The van der Waals surface area contributed by atoms with Gasteiger partial charge in [-0.3, -0.25) is 14.2 Å². The first-order valence-electron chi connectivity index (χ1n) is 10.2. The highest BCUT2D eigenvalue weighted by Gasteiger charge is 2.19. The third-order valence-electron chi connectivity index (χ3n) is 5.31. The number of halogens is 2. The normalized spacial score (nSPS) is 11.0. The Morgan fingerprint density at radius 2 is 1.79 bits per heavy atom. The molecule has 0 fully saturated rings. The summed E-state index contributed by atoms with van der Waals surface area (Å²) in [5.41, 5.74) is 1.94. The van der Waals surface area contributed by atoms with Gasteiger partial charge in [0.05, 0.1) is 22.3 Å². The maximum absolute atomic E-state index is 14.6. The van der Waals surface area contributed by atoms with E-state index in [1.165, 1.54) is 6.07 Å². The van der Waals surface area contributed by atoms with Gasteiger partial charge in [0.2, 0.25) is 5.91 Å². The average Bonchev–Trinajstić information content (AvgIpc) is 2.80. The van der Waals surface area contributed by atoms with Crippen LogP contribution >= 0.6 is 11.8 Å². The lowest BCUT2D eigenvalue weighted by Crippen LogP contribution is -2.29. The summed E-state index contributed by atoms with van der Waals surface area (Å²) in [7, 11) is 1.70. The molecule has 4 aromatic rings. The molecule has 0 aliphatic rings. The molecule has 0 atom stereocenters. The van der Waals surface area contributed by atoms with Crippen molar-refractivity contribution in [3.05, 3.63) is 99.8 Å². The molecule has 168 valence electrons. The van der Waals surface area contributed by atoms with Crippen molar-refractivity contribution in [2.45, 2.75) is 18.6 Å². The third-order valence-corrected chi connectivity index (χ3v) is 6.24. The van der Waals surface area contributed by atoms with Crippen molar-refractivity contribution in [2.24, 2.45) is 0 Å². The van der Waals surface area contributed by atoms with Crippen LogP contribution in [0.25, 0.3) is 16.6 Å². The molecule has 0 unspecified atom stereocenters. The average molecular weight is 466 g/mol. The number of hydrogen-bond acceptors (Lipinski definition) is 4. The minimum absolute atomic E-state index is 0.00399. The zero-order chi connectivity index (χ0) is 23.5. The minimum Gasteiger partial charge on any atom is -0.341 e. The van der Waals surface area contributed by atoms with Gasteiger partial charge in [-0.1, -0.05) is 48.2 Å². The number of aryl methyl sites for hydroxylation is 1. The van der Waals surface area contributed by atoms with Gasteiger partial charge in [0.1, 0.15) is 11.6 Å².